The van der Waals surface area contributed by atoms with Gasteiger partial charge < -0.3 is 20.1 Å². The smallest absolute Gasteiger partial charge is 0.319 e. The number of nitrogens with one attached hydrogen (secondary N) is 2. The number of rotatable bonds is 6. The summed E-state index contributed by atoms with van der Waals surface area (Å²) in [5, 5.41) is 7.04. The summed E-state index contributed by atoms with van der Waals surface area (Å²) in [4.78, 5) is 14.7. The lowest BCUT2D eigenvalue weighted by molar-refractivity contribution is 0.190. The molecule has 156 valence electrons. The van der Waals surface area contributed by atoms with Crippen LogP contribution in [0, 0.1) is 0 Å². The Labute approximate surface area is 181 Å². The summed E-state index contributed by atoms with van der Waals surface area (Å²) in [6, 6.07) is 10.9. The van der Waals surface area contributed by atoms with Crippen LogP contribution in [0.1, 0.15) is 18.4 Å². The number of hydrogen-bond donors (Lipinski definition) is 2. The molecule has 0 unspecified atom stereocenters. The van der Waals surface area contributed by atoms with E-state index >= 15 is 0 Å². The van der Waals surface area contributed by atoms with Gasteiger partial charge in [-0.15, -0.1) is 0 Å². The normalized spacial score (nSPS) is 15.0. The van der Waals surface area contributed by atoms with Gasteiger partial charge in [0.15, 0.2) is 0 Å². The van der Waals surface area contributed by atoms with E-state index in [1.807, 2.05) is 18.2 Å². The monoisotopic (exact) mass is 437 g/mol. The molecule has 0 aromatic heterocycles. The van der Waals surface area contributed by atoms with Gasteiger partial charge in [0.05, 0.1) is 30.0 Å². The molecule has 1 fully saturated rings. The molecule has 2 aromatic carbocycles. The molecule has 3 rings (SSSR count). The molecule has 1 aliphatic heterocycles. The lowest BCUT2D eigenvalue weighted by Crippen LogP contribution is -2.45. The molecule has 0 aliphatic carbocycles. The Morgan fingerprint density at radius 1 is 1.07 bits per heavy atom. The Bertz CT molecular complexity index is 855. The standard InChI is InChI=1S/C21H25Cl2N3O3/c1-28-16-4-6-19(20(12-16)29-2)25-21(27)24-15-7-9-26(10-8-15)13-14-3-5-17(22)18(23)11-14/h3-6,11-12,15H,7-10,13H2,1-2H3,(H2,24,25,27). The van der Waals surface area contributed by atoms with Crippen LogP contribution in [0.4, 0.5) is 10.5 Å². The van der Waals surface area contributed by atoms with Gasteiger partial charge >= 0.3 is 6.03 Å². The highest BCUT2D eigenvalue weighted by molar-refractivity contribution is 6.42. The summed E-state index contributed by atoms with van der Waals surface area (Å²) in [6.07, 6.45) is 1.77. The zero-order valence-corrected chi connectivity index (χ0v) is 18.0. The van der Waals surface area contributed by atoms with Gasteiger partial charge in [-0.1, -0.05) is 29.3 Å². The largest absolute Gasteiger partial charge is 0.497 e. The first-order chi connectivity index (χ1) is 14.0. The van der Waals surface area contributed by atoms with E-state index < -0.39 is 0 Å². The predicted molar refractivity (Wildman–Crippen MR) is 116 cm³/mol. The minimum absolute atomic E-state index is 0.129. The maximum Gasteiger partial charge on any atom is 0.319 e. The third-order valence-corrected chi connectivity index (χ3v) is 5.71. The van der Waals surface area contributed by atoms with Crippen LogP contribution in [0.3, 0.4) is 0 Å². The van der Waals surface area contributed by atoms with Crippen molar-refractivity contribution in [3.05, 3.63) is 52.0 Å². The SMILES string of the molecule is COc1ccc(NC(=O)NC2CCN(Cc3ccc(Cl)c(Cl)c3)CC2)c(OC)c1. The Morgan fingerprint density at radius 2 is 1.83 bits per heavy atom. The number of benzene rings is 2. The second-order valence-electron chi connectivity index (χ2n) is 6.96. The van der Waals surface area contributed by atoms with E-state index in [9.17, 15) is 4.79 Å². The molecule has 0 radical (unpaired) electrons. The summed E-state index contributed by atoms with van der Waals surface area (Å²) in [6.45, 7) is 2.62. The Balaban J connectivity index is 1.48. The van der Waals surface area contributed by atoms with Gasteiger partial charge in [-0.25, -0.2) is 4.79 Å². The molecule has 2 aromatic rings. The van der Waals surface area contributed by atoms with E-state index in [0.29, 0.717) is 27.2 Å². The minimum atomic E-state index is -0.239. The summed E-state index contributed by atoms with van der Waals surface area (Å²) in [7, 11) is 3.14. The first-order valence-corrected chi connectivity index (χ1v) is 10.2. The maximum atomic E-state index is 12.4. The molecule has 1 heterocycles. The zero-order valence-electron chi connectivity index (χ0n) is 16.5. The number of likely N-dealkylation sites (tertiary alicyclic amines) is 1. The number of amides is 2. The molecule has 0 saturated carbocycles. The molecule has 0 bridgehead atoms. The zero-order chi connectivity index (χ0) is 20.8. The number of piperidine rings is 1. The highest BCUT2D eigenvalue weighted by Crippen LogP contribution is 2.29. The number of nitrogens with zero attached hydrogens (tertiary/aromatic N) is 1. The van der Waals surface area contributed by atoms with E-state index in [1.54, 1.807) is 32.4 Å². The number of carbonyl (C=O) groups excluding carboxylic acids is 1. The lowest BCUT2D eigenvalue weighted by Gasteiger charge is -2.32. The fraction of sp³-hybridized carbons (Fsp3) is 0.381. The summed E-state index contributed by atoms with van der Waals surface area (Å²) < 4.78 is 10.5. The Hall–Kier alpha value is -2.15. The van der Waals surface area contributed by atoms with Crippen molar-refractivity contribution in [1.82, 2.24) is 10.2 Å². The molecular formula is C21H25Cl2N3O3. The molecule has 29 heavy (non-hydrogen) atoms. The van der Waals surface area contributed by atoms with Gasteiger partial charge in [-0.2, -0.15) is 0 Å². The molecule has 0 spiro atoms. The van der Waals surface area contributed by atoms with Crippen molar-refractivity contribution in [2.24, 2.45) is 0 Å². The number of urea groups is 1. The van der Waals surface area contributed by atoms with Gasteiger partial charge in [0.2, 0.25) is 0 Å². The van der Waals surface area contributed by atoms with E-state index in [0.717, 1.165) is 38.0 Å². The Morgan fingerprint density at radius 3 is 2.48 bits per heavy atom. The van der Waals surface area contributed by atoms with Crippen LogP contribution in [0.2, 0.25) is 10.0 Å². The van der Waals surface area contributed by atoms with E-state index in [-0.39, 0.29) is 12.1 Å². The molecule has 6 nitrogen and oxygen atoms in total. The number of anilines is 1. The maximum absolute atomic E-state index is 12.4. The van der Waals surface area contributed by atoms with Crippen LogP contribution in [-0.2, 0) is 6.54 Å². The van der Waals surface area contributed by atoms with E-state index in [2.05, 4.69) is 15.5 Å². The Kier molecular flexibility index (Phi) is 7.47. The van der Waals surface area contributed by atoms with Gasteiger partial charge in [0.1, 0.15) is 11.5 Å². The van der Waals surface area contributed by atoms with Crippen LogP contribution in [0.15, 0.2) is 36.4 Å². The van der Waals surface area contributed by atoms with Gasteiger partial charge in [0, 0.05) is 31.7 Å². The van der Waals surface area contributed by atoms with E-state index in [4.69, 9.17) is 32.7 Å². The fourth-order valence-electron chi connectivity index (χ4n) is 3.38. The van der Waals surface area contributed by atoms with Crippen molar-refractivity contribution in [2.45, 2.75) is 25.4 Å². The van der Waals surface area contributed by atoms with Crippen LogP contribution in [0.5, 0.6) is 11.5 Å². The molecule has 1 aliphatic rings. The lowest BCUT2D eigenvalue weighted by atomic mass is 10.0. The third kappa shape index (κ3) is 5.92. The first kappa shape index (κ1) is 21.6. The second-order valence-corrected chi connectivity index (χ2v) is 7.78. The number of halogens is 2. The van der Waals surface area contributed by atoms with Gasteiger partial charge in [-0.05, 0) is 42.7 Å². The summed E-state index contributed by atoms with van der Waals surface area (Å²) >= 11 is 12.1. The number of hydrogen-bond acceptors (Lipinski definition) is 4. The molecule has 8 heteroatoms. The van der Waals surface area contributed by atoms with Crippen LogP contribution in [0.25, 0.3) is 0 Å². The molecule has 2 N–H and O–H groups in total. The summed E-state index contributed by atoms with van der Waals surface area (Å²) in [5.74, 6) is 1.22. The molecule has 0 atom stereocenters. The van der Waals surface area contributed by atoms with Gasteiger partial charge in [0.25, 0.3) is 0 Å². The van der Waals surface area contributed by atoms with Crippen LogP contribution < -0.4 is 20.1 Å². The van der Waals surface area contributed by atoms with Crippen molar-refractivity contribution in [1.29, 1.82) is 0 Å². The minimum Gasteiger partial charge on any atom is -0.497 e. The molecule has 2 amide bonds. The molecular weight excluding hydrogens is 413 g/mol. The molecule has 1 saturated heterocycles. The van der Waals surface area contributed by atoms with Crippen molar-refractivity contribution >= 4 is 34.9 Å². The number of methoxy groups -OCH3 is 2. The predicted octanol–water partition coefficient (Wildman–Crippen LogP) is 4.80. The highest BCUT2D eigenvalue weighted by Gasteiger charge is 2.21. The third-order valence-electron chi connectivity index (χ3n) is 4.97. The number of carbonyl (C=O) groups is 1. The second kappa shape index (κ2) is 10.1. The van der Waals surface area contributed by atoms with Crippen molar-refractivity contribution in [3.8, 4) is 11.5 Å². The highest BCUT2D eigenvalue weighted by atomic mass is 35.5. The van der Waals surface area contributed by atoms with Crippen molar-refractivity contribution in [2.75, 3.05) is 32.6 Å². The average Bonchev–Trinajstić information content (AvgIpc) is 2.72. The quantitative estimate of drug-likeness (QED) is 0.681. The fourth-order valence-corrected chi connectivity index (χ4v) is 3.70. The van der Waals surface area contributed by atoms with Crippen molar-refractivity contribution < 1.29 is 14.3 Å². The summed E-state index contributed by atoms with van der Waals surface area (Å²) in [5.41, 5.74) is 1.73. The van der Waals surface area contributed by atoms with Crippen molar-refractivity contribution in [3.63, 3.8) is 0 Å². The van der Waals surface area contributed by atoms with Crippen LogP contribution >= 0.6 is 23.2 Å². The first-order valence-electron chi connectivity index (χ1n) is 9.44. The van der Waals surface area contributed by atoms with Crippen LogP contribution in [-0.4, -0.2) is 44.3 Å². The topological polar surface area (TPSA) is 62.8 Å². The van der Waals surface area contributed by atoms with E-state index in [1.165, 1.54) is 0 Å². The number of ether oxygens (including phenoxy) is 2. The van der Waals surface area contributed by atoms with Gasteiger partial charge in [-0.3, -0.25) is 4.90 Å². The average molecular weight is 438 g/mol.